The fourth-order valence-electron chi connectivity index (χ4n) is 2.82. The highest BCUT2D eigenvalue weighted by molar-refractivity contribution is 5.86. The van der Waals surface area contributed by atoms with Gasteiger partial charge in [0.1, 0.15) is 0 Å². The van der Waals surface area contributed by atoms with Gasteiger partial charge >= 0.3 is 0 Å². The molecular weight excluding hydrogens is 306 g/mol. The average molecular weight is 340 g/mol. The van der Waals surface area contributed by atoms with Crippen LogP contribution in [-0.2, 0) is 4.79 Å². The summed E-state index contributed by atoms with van der Waals surface area (Å²) in [7, 11) is 1.67. The summed E-state index contributed by atoms with van der Waals surface area (Å²) in [5.41, 5.74) is 1.71. The summed E-state index contributed by atoms with van der Waals surface area (Å²) in [5.74, 6) is 0.508. The van der Waals surface area contributed by atoms with E-state index in [0.717, 1.165) is 0 Å². The van der Waals surface area contributed by atoms with Gasteiger partial charge in [0.2, 0.25) is 5.91 Å². The van der Waals surface area contributed by atoms with E-state index < -0.39 is 5.41 Å². The minimum absolute atomic E-state index is 0.000476. The van der Waals surface area contributed by atoms with Gasteiger partial charge in [-0.2, -0.15) is 0 Å². The Morgan fingerprint density at radius 2 is 1.60 bits per heavy atom. The number of hydrogen-bond donors (Lipinski definition) is 1. The van der Waals surface area contributed by atoms with E-state index in [1.807, 2.05) is 39.0 Å². The second-order valence-corrected chi connectivity index (χ2v) is 6.97. The molecule has 0 aromatic carbocycles. The molecule has 0 saturated carbocycles. The molecule has 2 heteroatoms. The highest BCUT2D eigenvalue weighted by Gasteiger charge is 2.29. The van der Waals surface area contributed by atoms with Crippen molar-refractivity contribution in [3.05, 3.63) is 71.9 Å². The van der Waals surface area contributed by atoms with Crippen LogP contribution in [0.5, 0.6) is 0 Å². The molecule has 0 heterocycles. The lowest BCUT2D eigenvalue weighted by molar-refractivity contribution is -0.125. The summed E-state index contributed by atoms with van der Waals surface area (Å²) in [6.45, 7) is 12.5. The normalized spacial score (nSPS) is 27.7. The maximum atomic E-state index is 12.1. The van der Waals surface area contributed by atoms with E-state index in [-0.39, 0.29) is 11.3 Å². The van der Waals surface area contributed by atoms with Crippen molar-refractivity contribution in [1.29, 1.82) is 0 Å². The molecule has 2 aliphatic carbocycles. The Kier molecular flexibility index (Phi) is 7.41. The summed E-state index contributed by atoms with van der Waals surface area (Å²) in [6, 6.07) is 0. The highest BCUT2D eigenvalue weighted by atomic mass is 16.2. The lowest BCUT2D eigenvalue weighted by Gasteiger charge is -2.24. The van der Waals surface area contributed by atoms with Crippen LogP contribution in [0.3, 0.4) is 0 Å². The van der Waals surface area contributed by atoms with Crippen LogP contribution in [0.2, 0.25) is 0 Å². The van der Waals surface area contributed by atoms with E-state index in [0.29, 0.717) is 5.92 Å². The van der Waals surface area contributed by atoms with Gasteiger partial charge in [-0.05, 0) is 30.9 Å². The lowest BCUT2D eigenvalue weighted by Crippen LogP contribution is -2.33. The van der Waals surface area contributed by atoms with Crippen molar-refractivity contribution in [3.8, 4) is 0 Å². The molecule has 136 valence electrons. The highest BCUT2D eigenvalue weighted by Crippen LogP contribution is 2.37. The molecule has 1 N–H and O–H groups in total. The number of nitrogens with one attached hydrogen (secondary N) is 1. The van der Waals surface area contributed by atoms with Crippen LogP contribution < -0.4 is 5.32 Å². The number of carbonyl (C=O) groups is 1. The van der Waals surface area contributed by atoms with Gasteiger partial charge < -0.3 is 5.32 Å². The standard InChI is InChI=1S/C21H27NO.C2H6/c1-16(2)17-8-6-12-20(3,14-10-17)18-9-7-13-21(4,15-11-18)19(23)22-5;1-2/h6-16H,1-5H3,(H,22,23);1-2H3. The van der Waals surface area contributed by atoms with Crippen molar-refractivity contribution in [3.63, 3.8) is 0 Å². The molecule has 2 unspecified atom stereocenters. The van der Waals surface area contributed by atoms with Gasteiger partial charge in [0.25, 0.3) is 0 Å². The predicted octanol–water partition coefficient (Wildman–Crippen LogP) is 5.53. The van der Waals surface area contributed by atoms with E-state index in [1.165, 1.54) is 11.1 Å². The molecule has 0 aromatic rings. The largest absolute Gasteiger partial charge is 0.358 e. The maximum Gasteiger partial charge on any atom is 0.233 e. The lowest BCUT2D eigenvalue weighted by atomic mass is 9.80. The number of amides is 1. The first-order valence-electron chi connectivity index (χ1n) is 9.21. The Bertz CT molecular complexity index is 658. The number of hydrogen-bond acceptors (Lipinski definition) is 1. The fraction of sp³-hybridized carbons (Fsp3) is 0.435. The van der Waals surface area contributed by atoms with Crippen LogP contribution in [0.1, 0.15) is 41.5 Å². The quantitative estimate of drug-likeness (QED) is 0.719. The van der Waals surface area contributed by atoms with Crippen LogP contribution in [0.4, 0.5) is 0 Å². The predicted molar refractivity (Wildman–Crippen MR) is 109 cm³/mol. The SMILES string of the molecule is CC.CNC(=O)C1(C)C=CC=C(C2(C)C=CC=C(C(C)C)C=C2)C=C1. The molecule has 2 atom stereocenters. The number of rotatable bonds is 3. The minimum atomic E-state index is -0.608. The molecule has 1 amide bonds. The Labute approximate surface area is 153 Å². The third-order valence-corrected chi connectivity index (χ3v) is 4.69. The fourth-order valence-corrected chi connectivity index (χ4v) is 2.82. The zero-order valence-corrected chi connectivity index (χ0v) is 16.8. The Hall–Kier alpha value is -2.09. The van der Waals surface area contributed by atoms with Crippen molar-refractivity contribution in [2.24, 2.45) is 16.7 Å². The van der Waals surface area contributed by atoms with Gasteiger partial charge in [0.15, 0.2) is 0 Å². The summed E-state index contributed by atoms with van der Waals surface area (Å²) >= 11 is 0. The van der Waals surface area contributed by atoms with Crippen molar-refractivity contribution >= 4 is 5.91 Å². The molecule has 0 spiro atoms. The summed E-state index contributed by atoms with van der Waals surface area (Å²) < 4.78 is 0. The third kappa shape index (κ3) is 4.94. The Morgan fingerprint density at radius 3 is 2.20 bits per heavy atom. The molecule has 0 fully saturated rings. The molecule has 2 aliphatic rings. The molecule has 0 aromatic heterocycles. The van der Waals surface area contributed by atoms with Crippen molar-refractivity contribution < 1.29 is 4.79 Å². The van der Waals surface area contributed by atoms with Crippen LogP contribution in [0, 0.1) is 16.7 Å². The summed E-state index contributed by atoms with van der Waals surface area (Å²) in [6.07, 6.45) is 21.1. The Balaban J connectivity index is 0.00000151. The topological polar surface area (TPSA) is 29.1 Å². The first kappa shape index (κ1) is 21.0. The molecule has 0 radical (unpaired) electrons. The van der Waals surface area contributed by atoms with Crippen LogP contribution >= 0.6 is 0 Å². The third-order valence-electron chi connectivity index (χ3n) is 4.69. The van der Waals surface area contributed by atoms with Crippen LogP contribution in [-0.4, -0.2) is 13.0 Å². The van der Waals surface area contributed by atoms with Gasteiger partial charge in [0, 0.05) is 12.5 Å². The molecule has 0 saturated heterocycles. The number of carbonyl (C=O) groups excluding carboxylic acids is 1. The maximum absolute atomic E-state index is 12.1. The second-order valence-electron chi connectivity index (χ2n) is 6.97. The summed E-state index contributed by atoms with van der Waals surface area (Å²) in [5, 5.41) is 2.73. The minimum Gasteiger partial charge on any atom is -0.358 e. The number of allylic oxidation sites excluding steroid dienone is 10. The van der Waals surface area contributed by atoms with Gasteiger partial charge in [-0.25, -0.2) is 0 Å². The zero-order chi connectivity index (χ0) is 19.1. The Morgan fingerprint density at radius 1 is 0.960 bits per heavy atom. The molecule has 2 nitrogen and oxygen atoms in total. The first-order chi connectivity index (χ1) is 11.8. The average Bonchev–Trinajstić information content (AvgIpc) is 2.93. The van der Waals surface area contributed by atoms with E-state index in [9.17, 15) is 4.79 Å². The smallest absolute Gasteiger partial charge is 0.233 e. The molecule has 25 heavy (non-hydrogen) atoms. The van der Waals surface area contributed by atoms with Crippen LogP contribution in [0.25, 0.3) is 0 Å². The van der Waals surface area contributed by atoms with Crippen molar-refractivity contribution in [2.75, 3.05) is 7.05 Å². The van der Waals surface area contributed by atoms with E-state index in [2.05, 4.69) is 68.6 Å². The van der Waals surface area contributed by atoms with E-state index in [4.69, 9.17) is 0 Å². The molecule has 2 rings (SSSR count). The monoisotopic (exact) mass is 339 g/mol. The van der Waals surface area contributed by atoms with Gasteiger partial charge in [0.05, 0.1) is 5.41 Å². The van der Waals surface area contributed by atoms with Crippen molar-refractivity contribution in [1.82, 2.24) is 5.32 Å². The second kappa shape index (κ2) is 8.84. The van der Waals surface area contributed by atoms with E-state index >= 15 is 0 Å². The molecule has 0 aliphatic heterocycles. The van der Waals surface area contributed by atoms with Gasteiger partial charge in [-0.1, -0.05) is 88.5 Å². The van der Waals surface area contributed by atoms with Gasteiger partial charge in [-0.15, -0.1) is 0 Å². The summed E-state index contributed by atoms with van der Waals surface area (Å²) in [4.78, 5) is 12.1. The van der Waals surface area contributed by atoms with Crippen LogP contribution in [0.15, 0.2) is 71.9 Å². The van der Waals surface area contributed by atoms with Gasteiger partial charge in [-0.3, -0.25) is 4.79 Å². The van der Waals surface area contributed by atoms with Crippen molar-refractivity contribution in [2.45, 2.75) is 41.5 Å². The molecular formula is C23H33NO. The zero-order valence-electron chi connectivity index (χ0n) is 16.8. The first-order valence-corrected chi connectivity index (χ1v) is 9.21. The van der Waals surface area contributed by atoms with E-state index in [1.54, 1.807) is 7.05 Å². The molecule has 0 bridgehead atoms.